The SMILES string of the molecule is N#Cc1ccc(Cn2c(=O)oc(=O)c3ccccc32)cc1. The molecule has 0 saturated carbocycles. The van der Waals surface area contributed by atoms with Crippen molar-refractivity contribution >= 4 is 10.9 Å². The molecule has 0 bridgehead atoms. The summed E-state index contributed by atoms with van der Waals surface area (Å²) in [6.45, 7) is 0.273. The summed E-state index contributed by atoms with van der Waals surface area (Å²) < 4.78 is 6.14. The highest BCUT2D eigenvalue weighted by molar-refractivity contribution is 5.77. The van der Waals surface area contributed by atoms with Crippen LogP contribution in [0.4, 0.5) is 0 Å². The van der Waals surface area contributed by atoms with Gasteiger partial charge >= 0.3 is 11.4 Å². The normalized spacial score (nSPS) is 10.4. The molecule has 3 aromatic rings. The third-order valence-corrected chi connectivity index (χ3v) is 3.24. The fourth-order valence-corrected chi connectivity index (χ4v) is 2.19. The summed E-state index contributed by atoms with van der Waals surface area (Å²) in [5, 5.41) is 9.15. The molecule has 2 aromatic carbocycles. The van der Waals surface area contributed by atoms with Gasteiger partial charge in [0.05, 0.1) is 29.1 Å². The Hall–Kier alpha value is -3.13. The molecular weight excluding hydrogens is 268 g/mol. The summed E-state index contributed by atoms with van der Waals surface area (Å²) >= 11 is 0. The molecule has 0 spiro atoms. The van der Waals surface area contributed by atoms with Crippen molar-refractivity contribution in [2.24, 2.45) is 0 Å². The Kier molecular flexibility index (Phi) is 3.13. The molecule has 0 saturated heterocycles. The number of benzene rings is 2. The molecule has 0 amide bonds. The van der Waals surface area contributed by atoms with Crippen molar-refractivity contribution in [3.63, 3.8) is 0 Å². The first-order valence-electron chi connectivity index (χ1n) is 6.31. The predicted molar refractivity (Wildman–Crippen MR) is 77.0 cm³/mol. The van der Waals surface area contributed by atoms with E-state index in [1.807, 2.05) is 6.07 Å². The number of aromatic nitrogens is 1. The molecule has 0 radical (unpaired) electrons. The van der Waals surface area contributed by atoms with E-state index in [-0.39, 0.29) is 6.54 Å². The van der Waals surface area contributed by atoms with E-state index < -0.39 is 11.4 Å². The minimum Gasteiger partial charge on any atom is -0.372 e. The van der Waals surface area contributed by atoms with Crippen LogP contribution >= 0.6 is 0 Å². The molecule has 0 atom stereocenters. The van der Waals surface area contributed by atoms with Crippen LogP contribution in [0.1, 0.15) is 11.1 Å². The number of fused-ring (bicyclic) bond motifs is 1. The van der Waals surface area contributed by atoms with Crippen molar-refractivity contribution in [3.05, 3.63) is 80.6 Å². The van der Waals surface area contributed by atoms with Gasteiger partial charge in [0, 0.05) is 0 Å². The Balaban J connectivity index is 2.14. The fourth-order valence-electron chi connectivity index (χ4n) is 2.19. The summed E-state index contributed by atoms with van der Waals surface area (Å²) in [5.41, 5.74) is 1.29. The molecule has 5 heteroatoms. The molecule has 3 rings (SSSR count). The van der Waals surface area contributed by atoms with Crippen molar-refractivity contribution < 1.29 is 4.42 Å². The van der Waals surface area contributed by atoms with Crippen molar-refractivity contribution in [1.29, 1.82) is 5.26 Å². The van der Waals surface area contributed by atoms with Crippen LogP contribution in [-0.2, 0) is 6.54 Å². The molecule has 0 aliphatic heterocycles. The molecule has 0 N–H and O–H groups in total. The maximum absolute atomic E-state index is 11.9. The zero-order chi connectivity index (χ0) is 14.8. The third-order valence-electron chi connectivity index (χ3n) is 3.24. The lowest BCUT2D eigenvalue weighted by Gasteiger charge is -2.08. The van der Waals surface area contributed by atoms with E-state index in [2.05, 4.69) is 0 Å². The highest BCUT2D eigenvalue weighted by Crippen LogP contribution is 2.10. The molecule has 102 valence electrons. The van der Waals surface area contributed by atoms with Gasteiger partial charge in [0.25, 0.3) is 0 Å². The van der Waals surface area contributed by atoms with Crippen LogP contribution < -0.4 is 11.4 Å². The van der Waals surface area contributed by atoms with Gasteiger partial charge in [-0.1, -0.05) is 24.3 Å². The van der Waals surface area contributed by atoms with Gasteiger partial charge in [0.1, 0.15) is 0 Å². The largest absolute Gasteiger partial charge is 0.422 e. The van der Waals surface area contributed by atoms with Crippen molar-refractivity contribution in [3.8, 4) is 6.07 Å². The zero-order valence-corrected chi connectivity index (χ0v) is 10.9. The summed E-state index contributed by atoms with van der Waals surface area (Å²) in [4.78, 5) is 23.6. The number of nitriles is 1. The van der Waals surface area contributed by atoms with Crippen molar-refractivity contribution in [2.45, 2.75) is 6.54 Å². The van der Waals surface area contributed by atoms with Gasteiger partial charge in [-0.25, -0.2) is 9.59 Å². The van der Waals surface area contributed by atoms with Gasteiger partial charge < -0.3 is 4.42 Å². The Bertz CT molecular complexity index is 960. The summed E-state index contributed by atoms with van der Waals surface area (Å²) in [5.74, 6) is -0.692. The van der Waals surface area contributed by atoms with Crippen molar-refractivity contribution in [2.75, 3.05) is 0 Å². The number of para-hydroxylation sites is 1. The maximum atomic E-state index is 11.9. The Labute approximate surface area is 119 Å². The van der Waals surface area contributed by atoms with Crippen LogP contribution in [0.2, 0.25) is 0 Å². The second-order valence-electron chi connectivity index (χ2n) is 4.57. The first-order valence-corrected chi connectivity index (χ1v) is 6.31. The van der Waals surface area contributed by atoms with Gasteiger partial charge in [0.2, 0.25) is 0 Å². The molecular formula is C16H10N2O3. The molecule has 1 aromatic heterocycles. The summed E-state index contributed by atoms with van der Waals surface area (Å²) in [7, 11) is 0. The molecule has 0 unspecified atom stereocenters. The summed E-state index contributed by atoms with van der Waals surface area (Å²) in [6.07, 6.45) is 0. The fraction of sp³-hybridized carbons (Fsp3) is 0.0625. The average Bonchev–Trinajstić information content (AvgIpc) is 2.52. The van der Waals surface area contributed by atoms with Gasteiger partial charge in [-0.3, -0.25) is 4.57 Å². The molecule has 5 nitrogen and oxygen atoms in total. The van der Waals surface area contributed by atoms with E-state index in [4.69, 9.17) is 9.68 Å². The Morgan fingerprint density at radius 1 is 1.05 bits per heavy atom. The standard InChI is InChI=1S/C16H10N2O3/c17-9-11-5-7-12(8-6-11)10-18-14-4-2-1-3-13(14)15(19)21-16(18)20/h1-8H,10H2. The monoisotopic (exact) mass is 278 g/mol. The van der Waals surface area contributed by atoms with Crippen molar-refractivity contribution in [1.82, 2.24) is 4.57 Å². The molecule has 21 heavy (non-hydrogen) atoms. The second kappa shape index (κ2) is 5.10. The van der Waals surface area contributed by atoms with Gasteiger partial charge in [-0.2, -0.15) is 5.26 Å². The summed E-state index contributed by atoms with van der Waals surface area (Å²) in [6, 6.07) is 15.7. The first-order chi connectivity index (χ1) is 10.2. The van der Waals surface area contributed by atoms with E-state index >= 15 is 0 Å². The van der Waals surface area contributed by atoms with Crippen LogP contribution in [0.25, 0.3) is 10.9 Å². The van der Waals surface area contributed by atoms with Gasteiger partial charge in [-0.15, -0.1) is 0 Å². The van der Waals surface area contributed by atoms with Crippen LogP contribution in [0.5, 0.6) is 0 Å². The lowest BCUT2D eigenvalue weighted by atomic mass is 10.1. The average molecular weight is 278 g/mol. The topological polar surface area (TPSA) is 76.0 Å². The van der Waals surface area contributed by atoms with Crippen LogP contribution in [0.15, 0.2) is 62.5 Å². The van der Waals surface area contributed by atoms with Crippen LogP contribution in [0, 0.1) is 11.3 Å². The lowest BCUT2D eigenvalue weighted by Crippen LogP contribution is -2.25. The molecule has 0 aliphatic carbocycles. The first kappa shape index (κ1) is 12.9. The van der Waals surface area contributed by atoms with E-state index in [1.54, 1.807) is 48.5 Å². The minimum atomic E-state index is -0.692. The highest BCUT2D eigenvalue weighted by Gasteiger charge is 2.09. The number of rotatable bonds is 2. The van der Waals surface area contributed by atoms with E-state index in [0.717, 1.165) is 5.56 Å². The number of hydrogen-bond donors (Lipinski definition) is 0. The molecule has 0 fully saturated rings. The Morgan fingerprint density at radius 2 is 1.76 bits per heavy atom. The van der Waals surface area contributed by atoms with E-state index in [1.165, 1.54) is 4.57 Å². The smallest absolute Gasteiger partial charge is 0.372 e. The zero-order valence-electron chi connectivity index (χ0n) is 10.9. The van der Waals surface area contributed by atoms with Crippen LogP contribution in [0.3, 0.4) is 0 Å². The minimum absolute atomic E-state index is 0.273. The quantitative estimate of drug-likeness (QED) is 0.717. The van der Waals surface area contributed by atoms with E-state index in [0.29, 0.717) is 16.5 Å². The Morgan fingerprint density at radius 3 is 2.48 bits per heavy atom. The van der Waals surface area contributed by atoms with Gasteiger partial charge in [0.15, 0.2) is 0 Å². The van der Waals surface area contributed by atoms with Crippen LogP contribution in [-0.4, -0.2) is 4.57 Å². The maximum Gasteiger partial charge on any atom is 0.422 e. The van der Waals surface area contributed by atoms with Gasteiger partial charge in [-0.05, 0) is 29.8 Å². The second-order valence-corrected chi connectivity index (χ2v) is 4.57. The highest BCUT2D eigenvalue weighted by atomic mass is 16.4. The molecule has 1 heterocycles. The number of hydrogen-bond acceptors (Lipinski definition) is 4. The van der Waals surface area contributed by atoms with E-state index in [9.17, 15) is 9.59 Å². The third kappa shape index (κ3) is 2.35. The molecule has 0 aliphatic rings. The number of nitrogens with zero attached hydrogens (tertiary/aromatic N) is 2. The predicted octanol–water partition coefficient (Wildman–Crippen LogP) is 1.87. The lowest BCUT2D eigenvalue weighted by molar-refractivity contribution is 0.425.